The molecule has 1 unspecified atom stereocenters. The van der Waals surface area contributed by atoms with Gasteiger partial charge in [0, 0.05) is 25.0 Å². The van der Waals surface area contributed by atoms with Gasteiger partial charge in [-0.15, -0.1) is 0 Å². The monoisotopic (exact) mass is 358 g/mol. The van der Waals surface area contributed by atoms with Crippen LogP contribution in [0.2, 0.25) is 0 Å². The van der Waals surface area contributed by atoms with Gasteiger partial charge in [0.1, 0.15) is 18.2 Å². The second-order valence-corrected chi connectivity index (χ2v) is 6.41. The van der Waals surface area contributed by atoms with Crippen LogP contribution < -0.4 is 15.8 Å². The predicted octanol–water partition coefficient (Wildman–Crippen LogP) is 3.10. The Hall–Kier alpha value is -2.44. The third-order valence-electron chi connectivity index (χ3n) is 4.47. The van der Waals surface area contributed by atoms with Gasteiger partial charge in [0.2, 0.25) is 5.91 Å². The molecule has 5 nitrogen and oxygen atoms in total. The van der Waals surface area contributed by atoms with E-state index in [1.54, 1.807) is 18.2 Å². The van der Waals surface area contributed by atoms with Crippen LogP contribution >= 0.6 is 0 Å². The summed E-state index contributed by atoms with van der Waals surface area (Å²) in [6, 6.07) is 12.8. The van der Waals surface area contributed by atoms with Gasteiger partial charge in [0.05, 0.1) is 6.04 Å². The first kappa shape index (κ1) is 18.4. The van der Waals surface area contributed by atoms with Gasteiger partial charge < -0.3 is 20.5 Å². The molecule has 1 saturated heterocycles. The summed E-state index contributed by atoms with van der Waals surface area (Å²) in [5.74, 6) is 0.0648. The Morgan fingerprint density at radius 1 is 1.23 bits per heavy atom. The van der Waals surface area contributed by atoms with Crippen LogP contribution in [0.25, 0.3) is 0 Å². The van der Waals surface area contributed by atoms with E-state index in [4.69, 9.17) is 15.2 Å². The second-order valence-electron chi connectivity index (χ2n) is 6.41. The first-order chi connectivity index (χ1) is 12.6. The molecule has 2 aromatic rings. The Morgan fingerprint density at radius 2 is 2.00 bits per heavy atom. The third kappa shape index (κ3) is 5.03. The average molecular weight is 358 g/mol. The smallest absolute Gasteiger partial charge is 0.241 e. The lowest BCUT2D eigenvalue weighted by Gasteiger charge is -2.26. The van der Waals surface area contributed by atoms with E-state index < -0.39 is 6.04 Å². The van der Waals surface area contributed by atoms with Crippen LogP contribution in [-0.4, -0.2) is 25.2 Å². The quantitative estimate of drug-likeness (QED) is 0.832. The average Bonchev–Trinajstić information content (AvgIpc) is 2.67. The standard InChI is InChI=1S/C20H23FN2O3/c21-16-4-2-6-18(12-16)26-13-14-3-1-5-17(11-14)23-20(24)19(22)15-7-9-25-10-8-15/h1-6,11-12,15,19H,7-10,13,22H2,(H,23,24). The first-order valence-electron chi connectivity index (χ1n) is 8.73. The summed E-state index contributed by atoms with van der Waals surface area (Å²) in [7, 11) is 0. The number of hydrogen-bond acceptors (Lipinski definition) is 4. The molecule has 6 heteroatoms. The highest BCUT2D eigenvalue weighted by Crippen LogP contribution is 2.20. The van der Waals surface area contributed by atoms with Crippen molar-refractivity contribution in [3.63, 3.8) is 0 Å². The molecule has 3 N–H and O–H groups in total. The van der Waals surface area contributed by atoms with Crippen molar-refractivity contribution in [3.05, 3.63) is 59.9 Å². The zero-order chi connectivity index (χ0) is 18.4. The molecule has 26 heavy (non-hydrogen) atoms. The summed E-state index contributed by atoms with van der Waals surface area (Å²) >= 11 is 0. The Labute approximate surface area is 152 Å². The minimum atomic E-state index is -0.550. The highest BCUT2D eigenvalue weighted by atomic mass is 19.1. The SMILES string of the molecule is NC(C(=O)Nc1cccc(COc2cccc(F)c2)c1)C1CCOCC1. The van der Waals surface area contributed by atoms with Gasteiger partial charge in [-0.3, -0.25) is 4.79 Å². The summed E-state index contributed by atoms with van der Waals surface area (Å²) in [6.45, 7) is 1.58. The largest absolute Gasteiger partial charge is 0.489 e. The topological polar surface area (TPSA) is 73.6 Å². The molecule has 1 fully saturated rings. The third-order valence-corrected chi connectivity index (χ3v) is 4.47. The van der Waals surface area contributed by atoms with E-state index in [-0.39, 0.29) is 24.2 Å². The molecule has 3 rings (SSSR count). The Balaban J connectivity index is 1.57. The lowest BCUT2D eigenvalue weighted by molar-refractivity contribution is -0.119. The van der Waals surface area contributed by atoms with Crippen LogP contribution in [0.3, 0.4) is 0 Å². The number of ether oxygens (including phenoxy) is 2. The molecule has 0 radical (unpaired) electrons. The van der Waals surface area contributed by atoms with Crippen molar-refractivity contribution < 1.29 is 18.7 Å². The molecule has 138 valence electrons. The van der Waals surface area contributed by atoms with Gasteiger partial charge in [-0.2, -0.15) is 0 Å². The summed E-state index contributed by atoms with van der Waals surface area (Å²) in [5, 5.41) is 2.87. The Bertz CT molecular complexity index is 747. The van der Waals surface area contributed by atoms with Crippen molar-refractivity contribution in [2.75, 3.05) is 18.5 Å². The number of nitrogens with two attached hydrogens (primary N) is 1. The molecule has 1 aliphatic heterocycles. The zero-order valence-corrected chi connectivity index (χ0v) is 14.5. The number of halogens is 1. The van der Waals surface area contributed by atoms with Crippen LogP contribution in [0.15, 0.2) is 48.5 Å². The molecule has 1 heterocycles. The van der Waals surface area contributed by atoms with Crippen LogP contribution in [0.4, 0.5) is 10.1 Å². The van der Waals surface area contributed by atoms with Crippen LogP contribution in [0, 0.1) is 11.7 Å². The molecule has 0 saturated carbocycles. The molecular formula is C20H23FN2O3. The minimum absolute atomic E-state index is 0.142. The fraction of sp³-hybridized carbons (Fsp3) is 0.350. The number of amides is 1. The number of rotatable bonds is 6. The van der Waals surface area contributed by atoms with Gasteiger partial charge in [0.25, 0.3) is 0 Å². The first-order valence-corrected chi connectivity index (χ1v) is 8.73. The number of benzene rings is 2. The number of nitrogens with one attached hydrogen (secondary N) is 1. The highest BCUT2D eigenvalue weighted by molar-refractivity contribution is 5.94. The lowest BCUT2D eigenvalue weighted by Crippen LogP contribution is -2.44. The molecule has 0 bridgehead atoms. The summed E-state index contributed by atoms with van der Waals surface area (Å²) in [5.41, 5.74) is 7.63. The van der Waals surface area contributed by atoms with Gasteiger partial charge >= 0.3 is 0 Å². The maximum absolute atomic E-state index is 13.2. The molecule has 1 amide bonds. The van der Waals surface area contributed by atoms with E-state index in [0.717, 1.165) is 18.4 Å². The summed E-state index contributed by atoms with van der Waals surface area (Å²) < 4.78 is 24.1. The van der Waals surface area contributed by atoms with Gasteiger partial charge in [-0.1, -0.05) is 18.2 Å². The van der Waals surface area contributed by atoms with E-state index in [0.29, 0.717) is 24.7 Å². The summed E-state index contributed by atoms with van der Waals surface area (Å²) in [4.78, 5) is 12.4. The van der Waals surface area contributed by atoms with Crippen molar-refractivity contribution in [2.45, 2.75) is 25.5 Å². The molecule has 1 atom stereocenters. The maximum atomic E-state index is 13.2. The zero-order valence-electron chi connectivity index (χ0n) is 14.5. The van der Waals surface area contributed by atoms with Gasteiger partial charge in [-0.25, -0.2) is 4.39 Å². The van der Waals surface area contributed by atoms with Gasteiger partial charge in [0.15, 0.2) is 0 Å². The fourth-order valence-corrected chi connectivity index (χ4v) is 2.98. The van der Waals surface area contributed by atoms with E-state index in [1.165, 1.54) is 12.1 Å². The minimum Gasteiger partial charge on any atom is -0.489 e. The fourth-order valence-electron chi connectivity index (χ4n) is 2.98. The van der Waals surface area contributed by atoms with Crippen LogP contribution in [0.1, 0.15) is 18.4 Å². The van der Waals surface area contributed by atoms with E-state index in [9.17, 15) is 9.18 Å². The Morgan fingerprint density at radius 3 is 2.77 bits per heavy atom. The van der Waals surface area contributed by atoms with E-state index >= 15 is 0 Å². The normalized spacial score (nSPS) is 16.1. The predicted molar refractivity (Wildman–Crippen MR) is 97.3 cm³/mol. The molecule has 0 aromatic heterocycles. The molecular weight excluding hydrogens is 335 g/mol. The van der Waals surface area contributed by atoms with Crippen molar-refractivity contribution in [1.29, 1.82) is 0 Å². The molecule has 0 spiro atoms. The van der Waals surface area contributed by atoms with Crippen molar-refractivity contribution in [1.82, 2.24) is 0 Å². The van der Waals surface area contributed by atoms with Crippen LogP contribution in [-0.2, 0) is 16.1 Å². The van der Waals surface area contributed by atoms with Crippen molar-refractivity contribution >= 4 is 11.6 Å². The maximum Gasteiger partial charge on any atom is 0.241 e. The number of anilines is 1. The van der Waals surface area contributed by atoms with Crippen molar-refractivity contribution in [2.24, 2.45) is 11.7 Å². The molecule has 2 aromatic carbocycles. The molecule has 0 aliphatic carbocycles. The van der Waals surface area contributed by atoms with Crippen LogP contribution in [0.5, 0.6) is 5.75 Å². The van der Waals surface area contributed by atoms with Gasteiger partial charge in [-0.05, 0) is 48.6 Å². The van der Waals surface area contributed by atoms with E-state index in [2.05, 4.69) is 5.32 Å². The summed E-state index contributed by atoms with van der Waals surface area (Å²) in [6.07, 6.45) is 1.60. The number of carbonyl (C=O) groups is 1. The second kappa shape index (κ2) is 8.78. The number of hydrogen-bond donors (Lipinski definition) is 2. The molecule has 1 aliphatic rings. The number of carbonyl (C=O) groups excluding carboxylic acids is 1. The lowest BCUT2D eigenvalue weighted by atomic mass is 9.92. The van der Waals surface area contributed by atoms with E-state index in [1.807, 2.05) is 18.2 Å². The van der Waals surface area contributed by atoms with Crippen molar-refractivity contribution in [3.8, 4) is 5.75 Å². The highest BCUT2D eigenvalue weighted by Gasteiger charge is 2.26. The Kier molecular flexibility index (Phi) is 6.20.